The van der Waals surface area contributed by atoms with Gasteiger partial charge in [-0.3, -0.25) is 9.52 Å². The summed E-state index contributed by atoms with van der Waals surface area (Å²) >= 11 is 0.936. The number of hydrogen-bond acceptors (Lipinski definition) is 6. The van der Waals surface area contributed by atoms with Gasteiger partial charge in [-0.2, -0.15) is 0 Å². The normalized spacial score (nSPS) is 14.7. The fraction of sp³-hybridized carbons (Fsp3) is 0.292. The molecular formula is C24H26N2O5S2. The zero-order valence-electron chi connectivity index (χ0n) is 18.0. The number of carboxylic acids is 1. The molecule has 1 aliphatic rings. The van der Waals surface area contributed by atoms with Crippen molar-refractivity contribution in [2.45, 2.75) is 35.5 Å². The van der Waals surface area contributed by atoms with Crippen LogP contribution in [0, 0.1) is 0 Å². The second-order valence-electron chi connectivity index (χ2n) is 8.00. The fourth-order valence-electron chi connectivity index (χ4n) is 4.04. The molecule has 1 heterocycles. The van der Waals surface area contributed by atoms with E-state index in [4.69, 9.17) is 5.11 Å². The Balaban J connectivity index is 1.64. The minimum absolute atomic E-state index is 0.0680. The molecule has 3 aromatic carbocycles. The molecule has 174 valence electrons. The number of aliphatic carboxylic acids is 1. The van der Waals surface area contributed by atoms with Gasteiger partial charge in [-0.25, -0.2) is 8.42 Å². The van der Waals surface area contributed by atoms with Crippen molar-refractivity contribution in [2.75, 3.05) is 28.5 Å². The summed E-state index contributed by atoms with van der Waals surface area (Å²) in [5.74, 6) is -1.35. The summed E-state index contributed by atoms with van der Waals surface area (Å²) < 4.78 is 29.0. The summed E-state index contributed by atoms with van der Waals surface area (Å²) in [7, 11) is -3.90. The SMILES string of the molecule is O=C(O)CSc1cc(NS(=O)(=O)c2ccc(N3CCCCCC3)cc2)c2ccccc2c1O. The van der Waals surface area contributed by atoms with Crippen LogP contribution in [0.5, 0.6) is 5.75 Å². The van der Waals surface area contributed by atoms with Gasteiger partial charge >= 0.3 is 5.97 Å². The molecule has 7 nitrogen and oxygen atoms in total. The zero-order chi connectivity index (χ0) is 23.4. The first-order chi connectivity index (χ1) is 15.8. The van der Waals surface area contributed by atoms with Crippen LogP contribution < -0.4 is 9.62 Å². The van der Waals surface area contributed by atoms with Crippen molar-refractivity contribution >= 4 is 49.9 Å². The van der Waals surface area contributed by atoms with Crippen molar-refractivity contribution in [3.8, 4) is 5.75 Å². The lowest BCUT2D eigenvalue weighted by Gasteiger charge is -2.22. The van der Waals surface area contributed by atoms with Gasteiger partial charge in [0.2, 0.25) is 0 Å². The summed E-state index contributed by atoms with van der Waals surface area (Å²) in [6.45, 7) is 1.95. The number of nitrogens with zero attached hydrogens (tertiary/aromatic N) is 1. The van der Waals surface area contributed by atoms with E-state index >= 15 is 0 Å². The standard InChI is InChI=1S/C24H26N2O5S2/c27-23(28)16-32-22-15-21(19-7-3-4-8-20(19)24(22)29)25-33(30,31)18-11-9-17(10-12-18)26-13-5-1-2-6-14-26/h3-4,7-12,15,25,29H,1-2,5-6,13-14,16H2,(H,27,28). The van der Waals surface area contributed by atoms with Crippen LogP contribution in [0.1, 0.15) is 25.7 Å². The maximum absolute atomic E-state index is 13.2. The molecule has 9 heteroatoms. The Bertz CT molecular complexity index is 1250. The van der Waals surface area contributed by atoms with E-state index in [1.54, 1.807) is 36.4 Å². The predicted molar refractivity (Wildman–Crippen MR) is 132 cm³/mol. The third-order valence-electron chi connectivity index (χ3n) is 5.69. The van der Waals surface area contributed by atoms with E-state index < -0.39 is 16.0 Å². The largest absolute Gasteiger partial charge is 0.506 e. The number of thioether (sulfide) groups is 1. The molecule has 0 amide bonds. The molecule has 1 saturated heterocycles. The number of nitrogens with one attached hydrogen (secondary N) is 1. The Labute approximate surface area is 197 Å². The Hall–Kier alpha value is -2.91. The molecule has 0 aliphatic carbocycles. The molecule has 0 bridgehead atoms. The zero-order valence-corrected chi connectivity index (χ0v) is 19.7. The van der Waals surface area contributed by atoms with Crippen molar-refractivity contribution in [1.82, 2.24) is 0 Å². The quantitative estimate of drug-likeness (QED) is 0.322. The number of hydrogen-bond donors (Lipinski definition) is 3. The van der Waals surface area contributed by atoms with E-state index in [-0.39, 0.29) is 22.1 Å². The van der Waals surface area contributed by atoms with E-state index in [1.165, 1.54) is 18.9 Å². The number of sulfonamides is 1. The molecule has 0 unspecified atom stereocenters. The van der Waals surface area contributed by atoms with Crippen LogP contribution in [-0.4, -0.2) is 43.4 Å². The Morgan fingerprint density at radius 1 is 0.970 bits per heavy atom. The average molecular weight is 487 g/mol. The molecule has 4 rings (SSSR count). The van der Waals surface area contributed by atoms with Gasteiger partial charge in [-0.05, 0) is 43.2 Å². The molecule has 0 atom stereocenters. The molecule has 33 heavy (non-hydrogen) atoms. The van der Waals surface area contributed by atoms with Gasteiger partial charge in [-0.15, -0.1) is 11.8 Å². The van der Waals surface area contributed by atoms with E-state index in [0.29, 0.717) is 15.7 Å². The number of carboxylic acid groups (broad SMARTS) is 1. The average Bonchev–Trinajstić information content (AvgIpc) is 3.10. The Morgan fingerprint density at radius 2 is 1.61 bits per heavy atom. The van der Waals surface area contributed by atoms with Crippen molar-refractivity contribution in [1.29, 1.82) is 0 Å². The van der Waals surface area contributed by atoms with Crippen molar-refractivity contribution in [2.24, 2.45) is 0 Å². The summed E-state index contributed by atoms with van der Waals surface area (Å²) in [4.78, 5) is 13.7. The van der Waals surface area contributed by atoms with Crippen LogP contribution in [-0.2, 0) is 14.8 Å². The van der Waals surface area contributed by atoms with Gasteiger partial charge in [0.1, 0.15) is 5.75 Å². The second kappa shape index (κ2) is 9.93. The molecule has 0 saturated carbocycles. The van der Waals surface area contributed by atoms with Gasteiger partial charge < -0.3 is 15.1 Å². The highest BCUT2D eigenvalue weighted by molar-refractivity contribution is 8.00. The number of phenolic OH excluding ortho intramolecular Hbond substituents is 1. The van der Waals surface area contributed by atoms with Crippen molar-refractivity contribution < 1.29 is 23.4 Å². The fourth-order valence-corrected chi connectivity index (χ4v) is 5.83. The highest BCUT2D eigenvalue weighted by atomic mass is 32.2. The number of rotatable bonds is 7. The third-order valence-corrected chi connectivity index (χ3v) is 8.09. The van der Waals surface area contributed by atoms with Crippen LogP contribution in [0.4, 0.5) is 11.4 Å². The molecule has 0 radical (unpaired) electrons. The first-order valence-corrected chi connectivity index (χ1v) is 13.3. The number of anilines is 2. The monoisotopic (exact) mass is 486 g/mol. The maximum atomic E-state index is 13.2. The summed E-state index contributed by atoms with van der Waals surface area (Å²) in [6, 6.07) is 15.2. The smallest absolute Gasteiger partial charge is 0.313 e. The number of carbonyl (C=O) groups is 1. The Morgan fingerprint density at radius 3 is 2.24 bits per heavy atom. The van der Waals surface area contributed by atoms with Crippen LogP contribution >= 0.6 is 11.8 Å². The van der Waals surface area contributed by atoms with Gasteiger partial charge in [0.15, 0.2) is 0 Å². The lowest BCUT2D eigenvalue weighted by Crippen LogP contribution is -2.23. The van der Waals surface area contributed by atoms with Crippen LogP contribution in [0.2, 0.25) is 0 Å². The first kappa shape index (κ1) is 23.3. The van der Waals surface area contributed by atoms with E-state index in [0.717, 1.165) is 43.4 Å². The molecule has 1 fully saturated rings. The number of aromatic hydroxyl groups is 1. The molecule has 0 spiro atoms. The van der Waals surface area contributed by atoms with Crippen LogP contribution in [0.3, 0.4) is 0 Å². The lowest BCUT2D eigenvalue weighted by atomic mass is 10.1. The number of phenols is 1. The molecule has 1 aliphatic heterocycles. The van der Waals surface area contributed by atoms with E-state index in [1.807, 2.05) is 12.1 Å². The van der Waals surface area contributed by atoms with Crippen molar-refractivity contribution in [3.63, 3.8) is 0 Å². The number of benzene rings is 3. The molecule has 0 aromatic heterocycles. The third kappa shape index (κ3) is 5.36. The van der Waals surface area contributed by atoms with Crippen LogP contribution in [0.25, 0.3) is 10.8 Å². The summed E-state index contributed by atoms with van der Waals surface area (Å²) in [6.07, 6.45) is 4.72. The topological polar surface area (TPSA) is 107 Å². The molecule has 3 aromatic rings. The Kier molecular flexibility index (Phi) is 6.99. The predicted octanol–water partition coefficient (Wildman–Crippen LogP) is 4.90. The number of fused-ring (bicyclic) bond motifs is 1. The van der Waals surface area contributed by atoms with E-state index in [9.17, 15) is 18.3 Å². The summed E-state index contributed by atoms with van der Waals surface area (Å²) in [5.41, 5.74) is 1.30. The highest BCUT2D eigenvalue weighted by Crippen LogP contribution is 2.40. The first-order valence-electron chi connectivity index (χ1n) is 10.8. The minimum Gasteiger partial charge on any atom is -0.506 e. The van der Waals surface area contributed by atoms with Gasteiger partial charge in [0, 0.05) is 29.5 Å². The second-order valence-corrected chi connectivity index (χ2v) is 10.7. The van der Waals surface area contributed by atoms with Crippen LogP contribution in [0.15, 0.2) is 64.4 Å². The van der Waals surface area contributed by atoms with Gasteiger partial charge in [0.05, 0.1) is 21.2 Å². The lowest BCUT2D eigenvalue weighted by molar-refractivity contribution is -0.133. The van der Waals surface area contributed by atoms with E-state index in [2.05, 4.69) is 9.62 Å². The van der Waals surface area contributed by atoms with Gasteiger partial charge in [-0.1, -0.05) is 37.1 Å². The molecular weight excluding hydrogens is 460 g/mol. The van der Waals surface area contributed by atoms with Crippen molar-refractivity contribution in [3.05, 3.63) is 54.6 Å². The summed E-state index contributed by atoms with van der Waals surface area (Å²) in [5, 5.41) is 20.6. The maximum Gasteiger partial charge on any atom is 0.313 e. The van der Waals surface area contributed by atoms with Gasteiger partial charge in [0.25, 0.3) is 10.0 Å². The molecule has 3 N–H and O–H groups in total. The minimum atomic E-state index is -3.90. The highest BCUT2D eigenvalue weighted by Gasteiger charge is 2.20.